The van der Waals surface area contributed by atoms with Crippen LogP contribution in [0, 0.1) is 0 Å². The lowest BCUT2D eigenvalue weighted by Crippen LogP contribution is -1.93. The van der Waals surface area contributed by atoms with Gasteiger partial charge in [-0.2, -0.15) is 5.10 Å². The molecule has 0 aliphatic rings. The van der Waals surface area contributed by atoms with Crippen molar-refractivity contribution in [3.8, 4) is 0 Å². The molecule has 0 bridgehead atoms. The molecule has 0 amide bonds. The highest BCUT2D eigenvalue weighted by molar-refractivity contribution is 6.10. The minimum absolute atomic E-state index is 0.957. The van der Waals surface area contributed by atoms with Crippen molar-refractivity contribution >= 4 is 49.8 Å². The largest absolute Gasteiger partial charge is 0.341 e. The minimum Gasteiger partial charge on any atom is -0.341 e. The van der Waals surface area contributed by atoms with Crippen LogP contribution in [-0.4, -0.2) is 15.5 Å². The SMILES string of the molecule is CCn1c2ccccc2c2cc(/C=N\n3c4ccccc4c4ccccc43)ccc21. The number of aryl methyl sites for hydroxylation is 1. The van der Waals surface area contributed by atoms with E-state index in [1.165, 1.54) is 32.6 Å². The Hall–Kier alpha value is -3.85. The van der Waals surface area contributed by atoms with Gasteiger partial charge in [-0.1, -0.05) is 60.7 Å². The van der Waals surface area contributed by atoms with Crippen molar-refractivity contribution < 1.29 is 0 Å². The molecule has 0 unspecified atom stereocenters. The first-order valence-corrected chi connectivity index (χ1v) is 10.4. The fourth-order valence-corrected chi connectivity index (χ4v) is 4.64. The summed E-state index contributed by atoms with van der Waals surface area (Å²) < 4.78 is 4.42. The molecule has 2 heterocycles. The highest BCUT2D eigenvalue weighted by Gasteiger charge is 2.10. The molecule has 0 aliphatic carbocycles. The standard InChI is InChI=1S/C27H21N3/c1-2-29-24-12-6-3-11-22(24)23-17-19(15-16-25(23)29)18-28-30-26-13-7-4-9-20(26)21-10-5-8-14-27(21)30/h3-18H,2H2,1H3/b28-18-. The van der Waals surface area contributed by atoms with Crippen molar-refractivity contribution in [3.05, 3.63) is 96.6 Å². The second-order valence-electron chi connectivity index (χ2n) is 7.63. The Bertz CT molecular complexity index is 1530. The van der Waals surface area contributed by atoms with E-state index >= 15 is 0 Å². The lowest BCUT2D eigenvalue weighted by Gasteiger charge is -2.03. The fraction of sp³-hybridized carbons (Fsp3) is 0.0741. The van der Waals surface area contributed by atoms with Crippen molar-refractivity contribution in [2.24, 2.45) is 5.10 Å². The van der Waals surface area contributed by atoms with Crippen LogP contribution >= 0.6 is 0 Å². The summed E-state index contributed by atoms with van der Waals surface area (Å²) in [6.07, 6.45) is 1.97. The van der Waals surface area contributed by atoms with Crippen LogP contribution in [0.5, 0.6) is 0 Å². The lowest BCUT2D eigenvalue weighted by molar-refractivity contribution is 0.827. The Labute approximate surface area is 174 Å². The molecule has 6 aromatic rings. The second-order valence-corrected chi connectivity index (χ2v) is 7.63. The van der Waals surface area contributed by atoms with Crippen LogP contribution in [0.4, 0.5) is 0 Å². The molecular weight excluding hydrogens is 366 g/mol. The van der Waals surface area contributed by atoms with Gasteiger partial charge in [-0.3, -0.25) is 0 Å². The van der Waals surface area contributed by atoms with E-state index in [2.05, 4.69) is 102 Å². The molecule has 0 atom stereocenters. The van der Waals surface area contributed by atoms with Crippen LogP contribution in [0.3, 0.4) is 0 Å². The van der Waals surface area contributed by atoms with Gasteiger partial charge in [-0.15, -0.1) is 0 Å². The third kappa shape index (κ3) is 2.42. The summed E-state index contributed by atoms with van der Waals surface area (Å²) in [5.74, 6) is 0. The molecule has 144 valence electrons. The van der Waals surface area contributed by atoms with Gasteiger partial charge in [0, 0.05) is 39.1 Å². The van der Waals surface area contributed by atoms with Crippen LogP contribution in [0.1, 0.15) is 12.5 Å². The first kappa shape index (κ1) is 17.0. The molecule has 0 saturated heterocycles. The van der Waals surface area contributed by atoms with Gasteiger partial charge in [0.15, 0.2) is 0 Å². The van der Waals surface area contributed by atoms with Crippen molar-refractivity contribution in [1.82, 2.24) is 9.24 Å². The summed E-state index contributed by atoms with van der Waals surface area (Å²) in [4.78, 5) is 0. The van der Waals surface area contributed by atoms with Gasteiger partial charge in [-0.05, 0) is 42.8 Å². The zero-order chi connectivity index (χ0) is 20.1. The normalized spacial score (nSPS) is 12.2. The van der Waals surface area contributed by atoms with E-state index < -0.39 is 0 Å². The molecule has 3 heteroatoms. The number of para-hydroxylation sites is 3. The Balaban J connectivity index is 1.53. The summed E-state index contributed by atoms with van der Waals surface area (Å²) in [5, 5.41) is 9.92. The van der Waals surface area contributed by atoms with Gasteiger partial charge in [0.2, 0.25) is 0 Å². The zero-order valence-electron chi connectivity index (χ0n) is 16.8. The van der Waals surface area contributed by atoms with Gasteiger partial charge in [0.05, 0.1) is 17.2 Å². The van der Waals surface area contributed by atoms with E-state index in [1.807, 2.05) is 10.9 Å². The van der Waals surface area contributed by atoms with Crippen molar-refractivity contribution in [2.45, 2.75) is 13.5 Å². The first-order chi connectivity index (χ1) is 14.8. The third-order valence-electron chi connectivity index (χ3n) is 5.99. The maximum Gasteiger partial charge on any atom is 0.0732 e. The van der Waals surface area contributed by atoms with Crippen molar-refractivity contribution in [2.75, 3.05) is 0 Å². The van der Waals surface area contributed by atoms with Crippen LogP contribution < -0.4 is 0 Å². The number of aromatic nitrogens is 2. The van der Waals surface area contributed by atoms with Gasteiger partial charge < -0.3 is 4.57 Å². The number of nitrogens with zero attached hydrogens (tertiary/aromatic N) is 3. The number of hydrogen-bond donors (Lipinski definition) is 0. The number of fused-ring (bicyclic) bond motifs is 6. The quantitative estimate of drug-likeness (QED) is 0.298. The smallest absolute Gasteiger partial charge is 0.0732 e. The Morgan fingerprint density at radius 1 is 0.633 bits per heavy atom. The van der Waals surface area contributed by atoms with E-state index in [4.69, 9.17) is 5.10 Å². The second kappa shape index (κ2) is 6.60. The van der Waals surface area contributed by atoms with Crippen LogP contribution in [0.15, 0.2) is 96.1 Å². The summed E-state index contributed by atoms with van der Waals surface area (Å²) in [7, 11) is 0. The predicted octanol–water partition coefficient (Wildman–Crippen LogP) is 6.80. The molecule has 0 saturated carbocycles. The number of hydrogen-bond acceptors (Lipinski definition) is 1. The molecule has 0 spiro atoms. The zero-order valence-corrected chi connectivity index (χ0v) is 16.8. The Morgan fingerprint density at radius 2 is 1.17 bits per heavy atom. The monoisotopic (exact) mass is 387 g/mol. The average molecular weight is 387 g/mol. The van der Waals surface area contributed by atoms with E-state index in [0.717, 1.165) is 23.1 Å². The highest BCUT2D eigenvalue weighted by atomic mass is 15.3. The highest BCUT2D eigenvalue weighted by Crippen LogP contribution is 2.30. The van der Waals surface area contributed by atoms with Crippen LogP contribution in [0.25, 0.3) is 43.6 Å². The molecule has 2 aromatic heterocycles. The van der Waals surface area contributed by atoms with Gasteiger partial charge in [0.25, 0.3) is 0 Å². The maximum atomic E-state index is 4.89. The molecule has 0 fully saturated rings. The van der Waals surface area contributed by atoms with Crippen LogP contribution in [-0.2, 0) is 6.54 Å². The molecule has 4 aromatic carbocycles. The molecule has 0 aliphatic heterocycles. The summed E-state index contributed by atoms with van der Waals surface area (Å²) in [6, 6.07) is 32.1. The predicted molar refractivity (Wildman–Crippen MR) is 128 cm³/mol. The van der Waals surface area contributed by atoms with Crippen molar-refractivity contribution in [3.63, 3.8) is 0 Å². The topological polar surface area (TPSA) is 22.2 Å². The average Bonchev–Trinajstić information content (AvgIpc) is 3.30. The fourth-order valence-electron chi connectivity index (χ4n) is 4.64. The number of rotatable bonds is 3. The summed E-state index contributed by atoms with van der Waals surface area (Å²) >= 11 is 0. The summed E-state index contributed by atoms with van der Waals surface area (Å²) in [6.45, 7) is 3.16. The molecular formula is C27H21N3. The first-order valence-electron chi connectivity index (χ1n) is 10.4. The molecule has 0 N–H and O–H groups in total. The van der Waals surface area contributed by atoms with Gasteiger partial charge in [-0.25, -0.2) is 4.68 Å². The Morgan fingerprint density at radius 3 is 1.80 bits per heavy atom. The van der Waals surface area contributed by atoms with Crippen molar-refractivity contribution in [1.29, 1.82) is 0 Å². The van der Waals surface area contributed by atoms with Gasteiger partial charge >= 0.3 is 0 Å². The third-order valence-corrected chi connectivity index (χ3v) is 5.99. The minimum atomic E-state index is 0.957. The molecule has 6 rings (SSSR count). The molecule has 3 nitrogen and oxygen atoms in total. The van der Waals surface area contributed by atoms with E-state index in [-0.39, 0.29) is 0 Å². The van der Waals surface area contributed by atoms with E-state index in [1.54, 1.807) is 0 Å². The molecule has 0 radical (unpaired) electrons. The summed E-state index contributed by atoms with van der Waals surface area (Å²) in [5.41, 5.74) is 5.90. The molecule has 30 heavy (non-hydrogen) atoms. The van der Waals surface area contributed by atoms with E-state index in [0.29, 0.717) is 0 Å². The Kier molecular flexibility index (Phi) is 3.75. The number of benzene rings is 4. The van der Waals surface area contributed by atoms with E-state index in [9.17, 15) is 0 Å². The van der Waals surface area contributed by atoms with Gasteiger partial charge in [0.1, 0.15) is 0 Å². The maximum absolute atomic E-state index is 4.89. The lowest BCUT2D eigenvalue weighted by atomic mass is 10.1. The van der Waals surface area contributed by atoms with Crippen LogP contribution in [0.2, 0.25) is 0 Å².